The van der Waals surface area contributed by atoms with Gasteiger partial charge in [0.25, 0.3) is 0 Å². The summed E-state index contributed by atoms with van der Waals surface area (Å²) >= 11 is 0. The molecule has 0 radical (unpaired) electrons. The molecule has 9 heteroatoms. The van der Waals surface area contributed by atoms with E-state index in [1.165, 1.54) is 33.8 Å². The molecule has 0 fully saturated rings. The van der Waals surface area contributed by atoms with E-state index in [1.54, 1.807) is 38.1 Å². The highest BCUT2D eigenvalue weighted by molar-refractivity contribution is 6.06. The summed E-state index contributed by atoms with van der Waals surface area (Å²) in [6.07, 6.45) is -0.194. The maximum absolute atomic E-state index is 13.3. The maximum Gasteiger partial charge on any atom is 0.316 e. The number of hydrogen-bond acceptors (Lipinski definition) is 5. The predicted octanol–water partition coefficient (Wildman–Crippen LogP) is 2.49. The first-order chi connectivity index (χ1) is 13.9. The lowest BCUT2D eigenvalue weighted by Gasteiger charge is -2.29. The number of rotatable bonds is 7. The highest BCUT2D eigenvalue weighted by Crippen LogP contribution is 2.22. The molecule has 0 aliphatic carbocycles. The normalized spacial score (nSPS) is 12.0. The molecule has 0 saturated carbocycles. The third-order valence-corrected chi connectivity index (χ3v) is 4.38. The number of nitrogens with zero attached hydrogens (tertiary/aromatic N) is 5. The number of anilines is 1. The van der Waals surface area contributed by atoms with Crippen LogP contribution in [-0.2, 0) is 16.0 Å². The first-order valence-electron chi connectivity index (χ1n) is 9.02. The number of para-hydroxylation sites is 1. The van der Waals surface area contributed by atoms with Crippen molar-refractivity contribution in [3.8, 4) is 5.69 Å². The largest absolute Gasteiger partial charge is 0.481 e. The Kier molecular flexibility index (Phi) is 5.96. The van der Waals surface area contributed by atoms with Gasteiger partial charge in [0, 0.05) is 18.2 Å². The summed E-state index contributed by atoms with van der Waals surface area (Å²) in [7, 11) is 0. The minimum atomic E-state index is -1.41. The van der Waals surface area contributed by atoms with Gasteiger partial charge in [0.05, 0.1) is 5.69 Å². The van der Waals surface area contributed by atoms with Gasteiger partial charge in [0.2, 0.25) is 5.91 Å². The van der Waals surface area contributed by atoms with Gasteiger partial charge in [-0.05, 0) is 60.7 Å². The molecule has 29 heavy (non-hydrogen) atoms. The fourth-order valence-corrected chi connectivity index (χ4v) is 3.02. The van der Waals surface area contributed by atoms with Crippen LogP contribution in [-0.4, -0.2) is 43.2 Å². The molecule has 2 aromatic carbocycles. The molecular weight excluding hydrogens is 377 g/mol. The molecule has 0 saturated heterocycles. The van der Waals surface area contributed by atoms with Crippen molar-refractivity contribution in [3.05, 3.63) is 66.2 Å². The maximum atomic E-state index is 13.3. The zero-order chi connectivity index (χ0) is 21.0. The standard InChI is InChI=1S/C20H20FN5O3/c1-13(2)25(15-10-8-14(21)9-11-15)19(27)17(20(28)29)12-18-22-23-24-26(18)16-6-4-3-5-7-16/h3-11,13,17H,12H2,1-2H3,(H,28,29). The topological polar surface area (TPSA) is 101 Å². The minimum absolute atomic E-state index is 0.194. The number of tetrazole rings is 1. The SMILES string of the molecule is CC(C)N(C(=O)C(Cc1nnnn1-c1ccccc1)C(=O)O)c1ccc(F)cc1. The Morgan fingerprint density at radius 3 is 2.34 bits per heavy atom. The number of hydrogen-bond donors (Lipinski definition) is 1. The van der Waals surface area contributed by atoms with Gasteiger partial charge in [0.1, 0.15) is 11.7 Å². The van der Waals surface area contributed by atoms with E-state index in [9.17, 15) is 19.1 Å². The lowest BCUT2D eigenvalue weighted by Crippen LogP contribution is -2.44. The van der Waals surface area contributed by atoms with E-state index in [2.05, 4.69) is 15.5 Å². The molecule has 1 heterocycles. The van der Waals surface area contributed by atoms with Crippen molar-refractivity contribution in [2.75, 3.05) is 4.90 Å². The van der Waals surface area contributed by atoms with Gasteiger partial charge < -0.3 is 10.0 Å². The van der Waals surface area contributed by atoms with Gasteiger partial charge in [-0.1, -0.05) is 18.2 Å². The molecule has 3 rings (SSSR count). The molecule has 150 valence electrons. The number of aromatic nitrogens is 4. The molecule has 0 aliphatic heterocycles. The van der Waals surface area contributed by atoms with Crippen LogP contribution < -0.4 is 4.90 Å². The zero-order valence-electron chi connectivity index (χ0n) is 15.9. The lowest BCUT2D eigenvalue weighted by molar-refractivity contribution is -0.146. The monoisotopic (exact) mass is 397 g/mol. The fraction of sp³-hybridized carbons (Fsp3) is 0.250. The van der Waals surface area contributed by atoms with Crippen LogP contribution in [0.15, 0.2) is 54.6 Å². The van der Waals surface area contributed by atoms with Gasteiger partial charge in [-0.3, -0.25) is 9.59 Å². The van der Waals surface area contributed by atoms with Gasteiger partial charge in [0.15, 0.2) is 5.82 Å². The van der Waals surface area contributed by atoms with Crippen molar-refractivity contribution in [3.63, 3.8) is 0 Å². The molecule has 0 bridgehead atoms. The van der Waals surface area contributed by atoms with Crippen molar-refractivity contribution in [1.82, 2.24) is 20.2 Å². The molecule has 1 N–H and O–H groups in total. The Balaban J connectivity index is 1.92. The number of amides is 1. The molecular formula is C20H20FN5O3. The van der Waals surface area contributed by atoms with E-state index >= 15 is 0 Å². The molecule has 0 spiro atoms. The van der Waals surface area contributed by atoms with Crippen molar-refractivity contribution in [2.45, 2.75) is 26.3 Å². The van der Waals surface area contributed by atoms with Crippen LogP contribution in [0.25, 0.3) is 5.69 Å². The summed E-state index contributed by atoms with van der Waals surface area (Å²) in [5.74, 6) is -3.51. The number of carboxylic acids is 1. The average Bonchev–Trinajstić information content (AvgIpc) is 3.16. The number of halogens is 1. The van der Waals surface area contributed by atoms with Crippen LogP contribution in [0.1, 0.15) is 19.7 Å². The summed E-state index contributed by atoms with van der Waals surface area (Å²) in [5.41, 5.74) is 1.07. The van der Waals surface area contributed by atoms with Crippen LogP contribution in [0.2, 0.25) is 0 Å². The van der Waals surface area contributed by atoms with E-state index in [-0.39, 0.29) is 18.3 Å². The van der Waals surface area contributed by atoms with Crippen molar-refractivity contribution >= 4 is 17.6 Å². The third kappa shape index (κ3) is 4.45. The highest BCUT2D eigenvalue weighted by atomic mass is 19.1. The van der Waals surface area contributed by atoms with Crippen LogP contribution in [0.4, 0.5) is 10.1 Å². The predicted molar refractivity (Wildman–Crippen MR) is 103 cm³/mol. The molecule has 3 aromatic rings. The van der Waals surface area contributed by atoms with E-state index < -0.39 is 23.6 Å². The zero-order valence-corrected chi connectivity index (χ0v) is 15.9. The van der Waals surface area contributed by atoms with Gasteiger partial charge >= 0.3 is 5.97 Å². The van der Waals surface area contributed by atoms with E-state index in [0.717, 1.165) is 0 Å². The first-order valence-corrected chi connectivity index (χ1v) is 9.02. The lowest BCUT2D eigenvalue weighted by atomic mass is 10.0. The number of carbonyl (C=O) groups excluding carboxylic acids is 1. The van der Waals surface area contributed by atoms with Crippen molar-refractivity contribution < 1.29 is 19.1 Å². The van der Waals surface area contributed by atoms with Crippen LogP contribution >= 0.6 is 0 Å². The van der Waals surface area contributed by atoms with Gasteiger partial charge in [-0.15, -0.1) is 5.10 Å². The molecule has 0 aliphatic rings. The molecule has 1 amide bonds. The van der Waals surface area contributed by atoms with Crippen LogP contribution in [0.5, 0.6) is 0 Å². The summed E-state index contributed by atoms with van der Waals surface area (Å²) in [4.78, 5) is 26.4. The molecule has 8 nitrogen and oxygen atoms in total. The smallest absolute Gasteiger partial charge is 0.316 e. The second-order valence-corrected chi connectivity index (χ2v) is 6.72. The van der Waals surface area contributed by atoms with E-state index in [0.29, 0.717) is 11.4 Å². The highest BCUT2D eigenvalue weighted by Gasteiger charge is 2.34. The van der Waals surface area contributed by atoms with E-state index in [1.807, 2.05) is 6.07 Å². The number of benzene rings is 2. The van der Waals surface area contributed by atoms with Crippen molar-refractivity contribution in [1.29, 1.82) is 0 Å². The molecule has 1 aromatic heterocycles. The van der Waals surface area contributed by atoms with Crippen LogP contribution in [0, 0.1) is 11.7 Å². The number of carbonyl (C=O) groups is 2. The first kappa shape index (κ1) is 20.1. The Morgan fingerprint density at radius 2 is 1.76 bits per heavy atom. The number of carboxylic acid groups (broad SMARTS) is 1. The molecule has 1 atom stereocenters. The fourth-order valence-electron chi connectivity index (χ4n) is 3.02. The summed E-state index contributed by atoms with van der Waals surface area (Å²) < 4.78 is 14.7. The Labute approximate surface area is 166 Å². The van der Waals surface area contributed by atoms with E-state index in [4.69, 9.17) is 0 Å². The Hall–Kier alpha value is -3.62. The third-order valence-electron chi connectivity index (χ3n) is 4.38. The summed E-state index contributed by atoms with van der Waals surface area (Å²) in [6.45, 7) is 3.52. The number of aliphatic carboxylic acids is 1. The Morgan fingerprint density at radius 1 is 1.10 bits per heavy atom. The Bertz CT molecular complexity index is 989. The molecule has 1 unspecified atom stereocenters. The van der Waals surface area contributed by atoms with Gasteiger partial charge in [-0.2, -0.15) is 4.68 Å². The summed E-state index contributed by atoms with van der Waals surface area (Å²) in [6, 6.07) is 14.0. The average molecular weight is 397 g/mol. The van der Waals surface area contributed by atoms with Crippen LogP contribution in [0.3, 0.4) is 0 Å². The van der Waals surface area contributed by atoms with Crippen molar-refractivity contribution in [2.24, 2.45) is 5.92 Å². The minimum Gasteiger partial charge on any atom is -0.481 e. The second kappa shape index (κ2) is 8.59. The quantitative estimate of drug-likeness (QED) is 0.615. The van der Waals surface area contributed by atoms with Gasteiger partial charge in [-0.25, -0.2) is 4.39 Å². The summed E-state index contributed by atoms with van der Waals surface area (Å²) in [5, 5.41) is 21.2. The second-order valence-electron chi connectivity index (χ2n) is 6.72.